The fourth-order valence-electron chi connectivity index (χ4n) is 1.33. The molecule has 0 spiro atoms. The number of nitrogens with two attached hydrogens (primary N) is 1. The van der Waals surface area contributed by atoms with E-state index in [1.807, 2.05) is 0 Å². The summed E-state index contributed by atoms with van der Waals surface area (Å²) in [6, 6.07) is 6.70. The second kappa shape index (κ2) is 4.81. The van der Waals surface area contributed by atoms with Crippen LogP contribution < -0.4 is 11.3 Å². The van der Waals surface area contributed by atoms with Gasteiger partial charge in [0.25, 0.3) is 5.56 Å². The molecule has 6 heteroatoms. The second-order valence-corrected chi connectivity index (χ2v) is 4.86. The SMILES string of the molecule is Cc1cc(=O)[nH]c(Sc2c(N)cccc2Cl)n1. The van der Waals surface area contributed by atoms with Crippen molar-refractivity contribution in [3.63, 3.8) is 0 Å². The third-order valence-corrected chi connectivity index (χ3v) is 3.52. The highest BCUT2D eigenvalue weighted by Gasteiger charge is 2.08. The number of rotatable bonds is 2. The van der Waals surface area contributed by atoms with Crippen molar-refractivity contribution >= 4 is 29.1 Å². The Balaban J connectivity index is 2.41. The Morgan fingerprint density at radius 1 is 1.47 bits per heavy atom. The van der Waals surface area contributed by atoms with Crippen LogP contribution in [0.25, 0.3) is 0 Å². The Morgan fingerprint density at radius 3 is 2.88 bits per heavy atom. The van der Waals surface area contributed by atoms with Gasteiger partial charge in [0.1, 0.15) is 0 Å². The average Bonchev–Trinajstić information content (AvgIpc) is 2.22. The van der Waals surface area contributed by atoms with Gasteiger partial charge in [-0.25, -0.2) is 4.98 Å². The lowest BCUT2D eigenvalue weighted by molar-refractivity contribution is 0.905. The van der Waals surface area contributed by atoms with Gasteiger partial charge in [-0.3, -0.25) is 4.79 Å². The minimum Gasteiger partial charge on any atom is -0.398 e. The van der Waals surface area contributed by atoms with Crippen LogP contribution in [0.3, 0.4) is 0 Å². The molecule has 0 aliphatic rings. The number of nitrogen functional groups attached to an aromatic ring is 1. The Labute approximate surface area is 107 Å². The lowest BCUT2D eigenvalue weighted by atomic mass is 10.3. The Hall–Kier alpha value is -1.46. The van der Waals surface area contributed by atoms with E-state index in [4.69, 9.17) is 17.3 Å². The maximum Gasteiger partial charge on any atom is 0.251 e. The van der Waals surface area contributed by atoms with Crippen LogP contribution in [-0.4, -0.2) is 9.97 Å². The van der Waals surface area contributed by atoms with Crippen molar-refractivity contribution in [1.82, 2.24) is 9.97 Å². The fraction of sp³-hybridized carbons (Fsp3) is 0.0909. The predicted octanol–water partition coefficient (Wildman–Crippen LogP) is 2.47. The molecule has 0 fully saturated rings. The van der Waals surface area contributed by atoms with E-state index in [0.29, 0.717) is 26.5 Å². The number of aryl methyl sites for hydroxylation is 1. The number of aromatic nitrogens is 2. The Morgan fingerprint density at radius 2 is 2.24 bits per heavy atom. The maximum absolute atomic E-state index is 11.3. The molecule has 4 nitrogen and oxygen atoms in total. The molecule has 1 heterocycles. The first-order valence-corrected chi connectivity index (χ1v) is 6.05. The number of aromatic amines is 1. The smallest absolute Gasteiger partial charge is 0.251 e. The average molecular weight is 268 g/mol. The van der Waals surface area contributed by atoms with Crippen molar-refractivity contribution in [3.8, 4) is 0 Å². The molecule has 0 saturated carbocycles. The first-order chi connectivity index (χ1) is 8.06. The zero-order chi connectivity index (χ0) is 12.4. The minimum atomic E-state index is -0.189. The highest BCUT2D eigenvalue weighted by atomic mass is 35.5. The number of nitrogens with zero attached hydrogens (tertiary/aromatic N) is 1. The zero-order valence-corrected chi connectivity index (χ0v) is 10.6. The van der Waals surface area contributed by atoms with E-state index in [1.165, 1.54) is 17.8 Å². The van der Waals surface area contributed by atoms with Gasteiger partial charge in [-0.1, -0.05) is 17.7 Å². The summed E-state index contributed by atoms with van der Waals surface area (Å²) in [4.78, 5) is 18.8. The van der Waals surface area contributed by atoms with Crippen LogP contribution in [-0.2, 0) is 0 Å². The van der Waals surface area contributed by atoms with Crippen molar-refractivity contribution in [2.45, 2.75) is 17.0 Å². The molecule has 0 aliphatic carbocycles. The van der Waals surface area contributed by atoms with Crippen LogP contribution in [0.15, 0.2) is 39.1 Å². The molecule has 1 aromatic carbocycles. The predicted molar refractivity (Wildman–Crippen MR) is 69.6 cm³/mol. The fourth-order valence-corrected chi connectivity index (χ4v) is 2.51. The van der Waals surface area contributed by atoms with E-state index in [-0.39, 0.29) is 5.56 Å². The van der Waals surface area contributed by atoms with Crippen molar-refractivity contribution in [3.05, 3.63) is 45.3 Å². The van der Waals surface area contributed by atoms with Gasteiger partial charge in [-0.05, 0) is 30.8 Å². The summed E-state index contributed by atoms with van der Waals surface area (Å²) in [7, 11) is 0. The topological polar surface area (TPSA) is 71.8 Å². The monoisotopic (exact) mass is 267 g/mol. The standard InChI is InChI=1S/C11H10ClN3OS/c1-6-5-9(16)15-11(14-6)17-10-7(12)3-2-4-8(10)13/h2-5H,13H2,1H3,(H,14,15,16). The van der Waals surface area contributed by atoms with Crippen LogP contribution in [0.1, 0.15) is 5.69 Å². The molecule has 0 unspecified atom stereocenters. The molecule has 88 valence electrons. The minimum absolute atomic E-state index is 0.189. The van der Waals surface area contributed by atoms with E-state index in [0.717, 1.165) is 0 Å². The summed E-state index contributed by atoms with van der Waals surface area (Å²) in [5, 5.41) is 1.02. The highest BCUT2D eigenvalue weighted by molar-refractivity contribution is 7.99. The molecule has 0 radical (unpaired) electrons. The van der Waals surface area contributed by atoms with Gasteiger partial charge in [-0.15, -0.1) is 0 Å². The molecule has 0 atom stereocenters. The molecule has 1 aromatic heterocycles. The van der Waals surface area contributed by atoms with Crippen LogP contribution in [0.2, 0.25) is 5.02 Å². The van der Waals surface area contributed by atoms with E-state index in [1.54, 1.807) is 25.1 Å². The molecule has 0 aliphatic heterocycles. The molecule has 17 heavy (non-hydrogen) atoms. The molecule has 0 amide bonds. The number of hydrogen-bond donors (Lipinski definition) is 2. The summed E-state index contributed by atoms with van der Waals surface area (Å²) in [5.41, 5.74) is 6.85. The molecule has 0 bridgehead atoms. The first-order valence-electron chi connectivity index (χ1n) is 4.86. The normalized spacial score (nSPS) is 10.5. The number of halogens is 1. The number of anilines is 1. The summed E-state index contributed by atoms with van der Waals surface area (Å²) < 4.78 is 0. The van der Waals surface area contributed by atoms with Gasteiger partial charge in [0, 0.05) is 17.4 Å². The molecule has 2 rings (SSSR count). The second-order valence-electron chi connectivity index (χ2n) is 3.45. The summed E-state index contributed by atoms with van der Waals surface area (Å²) in [5.74, 6) is 0. The van der Waals surface area contributed by atoms with Crippen molar-refractivity contribution in [2.24, 2.45) is 0 Å². The van der Waals surface area contributed by atoms with Gasteiger partial charge in [-0.2, -0.15) is 0 Å². The summed E-state index contributed by atoms with van der Waals surface area (Å²) in [6.45, 7) is 1.76. The third-order valence-electron chi connectivity index (χ3n) is 2.04. The lowest BCUT2D eigenvalue weighted by Gasteiger charge is -2.06. The molecule has 3 N–H and O–H groups in total. The van der Waals surface area contributed by atoms with Gasteiger partial charge in [0.2, 0.25) is 0 Å². The highest BCUT2D eigenvalue weighted by Crippen LogP contribution is 2.35. The van der Waals surface area contributed by atoms with Crippen molar-refractivity contribution in [1.29, 1.82) is 0 Å². The number of benzene rings is 1. The van der Waals surface area contributed by atoms with E-state index >= 15 is 0 Å². The van der Waals surface area contributed by atoms with Gasteiger partial charge >= 0.3 is 0 Å². The molecule has 2 aromatic rings. The lowest BCUT2D eigenvalue weighted by Crippen LogP contribution is -2.08. The van der Waals surface area contributed by atoms with Crippen LogP contribution in [0.5, 0.6) is 0 Å². The van der Waals surface area contributed by atoms with Gasteiger partial charge in [0.15, 0.2) is 5.16 Å². The molecular weight excluding hydrogens is 258 g/mol. The quantitative estimate of drug-likeness (QED) is 0.648. The maximum atomic E-state index is 11.3. The number of hydrogen-bond acceptors (Lipinski definition) is 4. The van der Waals surface area contributed by atoms with Gasteiger partial charge < -0.3 is 10.7 Å². The van der Waals surface area contributed by atoms with Gasteiger partial charge in [0.05, 0.1) is 9.92 Å². The van der Waals surface area contributed by atoms with Crippen LogP contribution in [0.4, 0.5) is 5.69 Å². The summed E-state index contributed by atoms with van der Waals surface area (Å²) in [6.07, 6.45) is 0. The Bertz CT molecular complexity index is 592. The molecule has 0 saturated heterocycles. The van der Waals surface area contributed by atoms with E-state index in [9.17, 15) is 4.79 Å². The number of nitrogens with one attached hydrogen (secondary N) is 1. The Kier molecular flexibility index (Phi) is 3.40. The van der Waals surface area contributed by atoms with E-state index < -0.39 is 0 Å². The largest absolute Gasteiger partial charge is 0.398 e. The number of H-pyrrole nitrogens is 1. The van der Waals surface area contributed by atoms with Crippen molar-refractivity contribution < 1.29 is 0 Å². The first kappa shape index (κ1) is 12.0. The van der Waals surface area contributed by atoms with Crippen LogP contribution >= 0.6 is 23.4 Å². The third kappa shape index (κ3) is 2.81. The zero-order valence-electron chi connectivity index (χ0n) is 9.03. The van der Waals surface area contributed by atoms with E-state index in [2.05, 4.69) is 9.97 Å². The summed E-state index contributed by atoms with van der Waals surface area (Å²) >= 11 is 7.28. The van der Waals surface area contributed by atoms with Crippen molar-refractivity contribution in [2.75, 3.05) is 5.73 Å². The van der Waals surface area contributed by atoms with Crippen LogP contribution in [0, 0.1) is 6.92 Å². The molecular formula is C11H10ClN3OS.